The third kappa shape index (κ3) is 6.07. The molecule has 156 valence electrons. The van der Waals surface area contributed by atoms with Crippen LogP contribution in [0.1, 0.15) is 66.2 Å². The number of rotatable bonds is 8. The van der Waals surface area contributed by atoms with E-state index in [4.69, 9.17) is 14.2 Å². The Morgan fingerprint density at radius 3 is 2.67 bits per heavy atom. The minimum absolute atomic E-state index is 0.0495. The fraction of sp³-hybridized carbons (Fsp3) is 0.857. The molecule has 0 aromatic rings. The van der Waals surface area contributed by atoms with E-state index < -0.39 is 5.41 Å². The Labute approximate surface area is 177 Å². The smallest absolute Gasteiger partial charge is 0.311 e. The van der Waals surface area contributed by atoms with E-state index in [1.807, 2.05) is 27.7 Å². The highest BCUT2D eigenvalue weighted by Gasteiger charge is 2.52. The minimum Gasteiger partial charge on any atom is -0.513 e. The molecule has 0 amide bonds. The van der Waals surface area contributed by atoms with Crippen molar-refractivity contribution in [3.63, 3.8) is 0 Å². The summed E-state index contributed by atoms with van der Waals surface area (Å²) in [5.41, 5.74) is -0.684. The maximum atomic E-state index is 11.8. The Balaban J connectivity index is 1.82. The molecule has 0 saturated carbocycles. The summed E-state index contributed by atoms with van der Waals surface area (Å²) in [6, 6.07) is 0. The Morgan fingerprint density at radius 1 is 1.37 bits per heavy atom. The molecule has 0 unspecified atom stereocenters. The first kappa shape index (κ1) is 22.9. The SMILES string of the molecule is C=C(O)[C@H](C)C[C@H]1CC[C@@H]2O[C@@H](CCCOC(=O)C(C)(C)C)C[C@]2(CI)O1. The molecule has 5 atom stereocenters. The number of aliphatic hydroxyl groups is 1. The Kier molecular flexibility index (Phi) is 8.02. The molecule has 2 heterocycles. The second-order valence-corrected chi connectivity index (χ2v) is 9.89. The molecule has 2 saturated heterocycles. The molecule has 6 heteroatoms. The van der Waals surface area contributed by atoms with Crippen molar-refractivity contribution in [1.29, 1.82) is 0 Å². The Hall–Kier alpha value is -0.340. The van der Waals surface area contributed by atoms with Crippen molar-refractivity contribution >= 4 is 28.6 Å². The lowest BCUT2D eigenvalue weighted by atomic mass is 9.86. The van der Waals surface area contributed by atoms with E-state index in [-0.39, 0.29) is 41.6 Å². The van der Waals surface area contributed by atoms with Crippen molar-refractivity contribution in [2.24, 2.45) is 11.3 Å². The van der Waals surface area contributed by atoms with Crippen LogP contribution in [0.15, 0.2) is 12.3 Å². The second-order valence-electron chi connectivity index (χ2n) is 9.12. The molecule has 0 spiro atoms. The van der Waals surface area contributed by atoms with Crippen LogP contribution in [0.3, 0.4) is 0 Å². The lowest BCUT2D eigenvalue weighted by molar-refractivity contribution is -0.156. The molecule has 2 rings (SSSR count). The minimum atomic E-state index is -0.454. The molecule has 0 aromatic carbocycles. The number of hydrogen-bond donors (Lipinski definition) is 1. The number of carbonyl (C=O) groups excluding carboxylic acids is 1. The van der Waals surface area contributed by atoms with Gasteiger partial charge in [-0.15, -0.1) is 0 Å². The van der Waals surface area contributed by atoms with Crippen LogP contribution in [0, 0.1) is 11.3 Å². The fourth-order valence-corrected chi connectivity index (χ4v) is 4.82. The molecule has 0 aromatic heterocycles. The van der Waals surface area contributed by atoms with Crippen LogP contribution in [0.5, 0.6) is 0 Å². The van der Waals surface area contributed by atoms with Crippen molar-refractivity contribution in [1.82, 2.24) is 0 Å². The molecule has 27 heavy (non-hydrogen) atoms. The van der Waals surface area contributed by atoms with Crippen molar-refractivity contribution in [3.8, 4) is 0 Å². The van der Waals surface area contributed by atoms with Crippen LogP contribution >= 0.6 is 22.6 Å². The topological polar surface area (TPSA) is 65.0 Å². The van der Waals surface area contributed by atoms with E-state index in [0.717, 1.165) is 43.0 Å². The Bertz CT molecular complexity index is 529. The Morgan fingerprint density at radius 2 is 2.07 bits per heavy atom. The average molecular weight is 494 g/mol. The normalized spacial score (nSPS) is 32.0. The zero-order valence-electron chi connectivity index (χ0n) is 17.1. The fourth-order valence-electron chi connectivity index (χ4n) is 3.84. The van der Waals surface area contributed by atoms with Crippen LogP contribution in [0.2, 0.25) is 0 Å². The van der Waals surface area contributed by atoms with Gasteiger partial charge in [0.1, 0.15) is 5.60 Å². The van der Waals surface area contributed by atoms with Crippen LogP contribution in [-0.2, 0) is 19.0 Å². The zero-order valence-corrected chi connectivity index (χ0v) is 19.3. The number of aliphatic hydroxyl groups excluding tert-OH is 1. The highest BCUT2D eigenvalue weighted by atomic mass is 127. The predicted molar refractivity (Wildman–Crippen MR) is 114 cm³/mol. The number of alkyl halides is 1. The van der Waals surface area contributed by atoms with Gasteiger partial charge in [0.15, 0.2) is 0 Å². The number of fused-ring (bicyclic) bond motifs is 1. The summed E-state index contributed by atoms with van der Waals surface area (Å²) in [5, 5.41) is 9.60. The number of ether oxygens (including phenoxy) is 3. The van der Waals surface area contributed by atoms with Crippen LogP contribution in [0.25, 0.3) is 0 Å². The third-order valence-corrected chi connectivity index (χ3v) is 6.89. The molecule has 0 bridgehead atoms. The lowest BCUT2D eigenvalue weighted by Gasteiger charge is -2.41. The van der Waals surface area contributed by atoms with E-state index in [1.165, 1.54) is 0 Å². The molecule has 2 fully saturated rings. The van der Waals surface area contributed by atoms with Crippen LogP contribution < -0.4 is 0 Å². The quantitative estimate of drug-likeness (QED) is 0.170. The maximum absolute atomic E-state index is 11.8. The number of hydrogen-bond acceptors (Lipinski definition) is 5. The lowest BCUT2D eigenvalue weighted by Crippen LogP contribution is -2.50. The van der Waals surface area contributed by atoms with Crippen LogP contribution in [-0.4, -0.2) is 46.0 Å². The monoisotopic (exact) mass is 494 g/mol. The van der Waals surface area contributed by atoms with E-state index in [9.17, 15) is 9.90 Å². The van der Waals surface area contributed by atoms with E-state index in [1.54, 1.807) is 0 Å². The van der Waals surface area contributed by atoms with Gasteiger partial charge >= 0.3 is 5.97 Å². The van der Waals surface area contributed by atoms with Crippen molar-refractivity contribution < 1.29 is 24.1 Å². The summed E-state index contributed by atoms with van der Waals surface area (Å²) in [4.78, 5) is 11.8. The summed E-state index contributed by atoms with van der Waals surface area (Å²) in [5.74, 6) is 0.126. The molecule has 0 aliphatic carbocycles. The summed E-state index contributed by atoms with van der Waals surface area (Å²) >= 11 is 2.40. The largest absolute Gasteiger partial charge is 0.513 e. The van der Waals surface area contributed by atoms with Gasteiger partial charge in [-0.3, -0.25) is 4.79 Å². The van der Waals surface area contributed by atoms with E-state index in [0.29, 0.717) is 6.61 Å². The summed E-state index contributed by atoms with van der Waals surface area (Å²) in [7, 11) is 0. The van der Waals surface area contributed by atoms with Crippen molar-refractivity contribution in [2.75, 3.05) is 11.0 Å². The summed E-state index contributed by atoms with van der Waals surface area (Å²) in [6.07, 6.45) is 5.76. The number of carbonyl (C=O) groups is 1. The van der Waals surface area contributed by atoms with Gasteiger partial charge in [0.25, 0.3) is 0 Å². The highest BCUT2D eigenvalue weighted by Crippen LogP contribution is 2.45. The predicted octanol–water partition coefficient (Wildman–Crippen LogP) is 4.96. The number of allylic oxidation sites excluding steroid dienone is 1. The first-order valence-corrected chi connectivity index (χ1v) is 11.5. The van der Waals surface area contributed by atoms with Gasteiger partial charge in [-0.05, 0) is 52.9 Å². The van der Waals surface area contributed by atoms with Gasteiger partial charge in [0.2, 0.25) is 0 Å². The molecule has 2 aliphatic heterocycles. The molecule has 5 nitrogen and oxygen atoms in total. The first-order valence-electron chi connectivity index (χ1n) is 10.0. The van der Waals surface area contributed by atoms with Crippen molar-refractivity contribution in [2.45, 2.75) is 90.1 Å². The van der Waals surface area contributed by atoms with Gasteiger partial charge in [-0.2, -0.15) is 0 Å². The first-order chi connectivity index (χ1) is 12.6. The molecule has 2 aliphatic rings. The molecule has 1 N–H and O–H groups in total. The molecule has 0 radical (unpaired) electrons. The molecular formula is C21H35IO5. The zero-order chi connectivity index (χ0) is 20.2. The van der Waals surface area contributed by atoms with Gasteiger partial charge in [-0.25, -0.2) is 0 Å². The van der Waals surface area contributed by atoms with Crippen LogP contribution in [0.4, 0.5) is 0 Å². The second kappa shape index (κ2) is 9.44. The number of halogens is 1. The standard InChI is InChI=1S/C21H35IO5/c1-14(15(2)23)11-16-8-9-18-21(13-22,27-16)12-17(26-18)7-6-10-25-19(24)20(3,4)5/h14,16-18,23H,2,6-13H2,1,3-5H3/t14-,16-,17+,18+,21-/m1/s1. The summed E-state index contributed by atoms with van der Waals surface area (Å²) < 4.78 is 19.1. The van der Waals surface area contributed by atoms with Gasteiger partial charge in [0, 0.05) is 16.8 Å². The van der Waals surface area contributed by atoms with Gasteiger partial charge in [0.05, 0.1) is 36.1 Å². The summed E-state index contributed by atoms with van der Waals surface area (Å²) in [6.45, 7) is 11.7. The van der Waals surface area contributed by atoms with E-state index in [2.05, 4.69) is 29.2 Å². The maximum Gasteiger partial charge on any atom is 0.311 e. The van der Waals surface area contributed by atoms with Gasteiger partial charge in [-0.1, -0.05) is 36.1 Å². The highest BCUT2D eigenvalue weighted by molar-refractivity contribution is 14.1. The molecular weight excluding hydrogens is 459 g/mol. The van der Waals surface area contributed by atoms with Crippen molar-refractivity contribution in [3.05, 3.63) is 12.3 Å². The third-order valence-electron chi connectivity index (χ3n) is 5.60. The van der Waals surface area contributed by atoms with E-state index >= 15 is 0 Å². The average Bonchev–Trinajstić information content (AvgIpc) is 2.95. The number of esters is 1. The van der Waals surface area contributed by atoms with Gasteiger partial charge < -0.3 is 19.3 Å².